The van der Waals surface area contributed by atoms with Crippen LogP contribution in [0.15, 0.2) is 17.0 Å². The van der Waals surface area contributed by atoms with Crippen LogP contribution in [0.1, 0.15) is 37.6 Å². The zero-order valence-electron chi connectivity index (χ0n) is 11.7. The predicted octanol–water partition coefficient (Wildman–Crippen LogP) is 3.48. The molecular weight excluding hydrogens is 326 g/mol. The lowest BCUT2D eigenvalue weighted by atomic mass is 10.1. The average Bonchev–Trinajstić information content (AvgIpc) is 2.25. The van der Waals surface area contributed by atoms with E-state index in [0.717, 1.165) is 0 Å². The van der Waals surface area contributed by atoms with Crippen LogP contribution in [0.25, 0.3) is 0 Å². The van der Waals surface area contributed by atoms with Gasteiger partial charge in [0.2, 0.25) is 0 Å². The molecule has 1 aromatic rings. The van der Waals surface area contributed by atoms with Crippen LogP contribution in [0, 0.1) is 17.6 Å². The SMILES string of the molecule is CC(C)CC(C)OC(=O)c1c(F)ccc(S(=O)(=O)Cl)c1F. The number of hydrogen-bond donors (Lipinski definition) is 0. The summed E-state index contributed by atoms with van der Waals surface area (Å²) in [6.45, 7) is 5.37. The van der Waals surface area contributed by atoms with Crippen LogP contribution in [-0.4, -0.2) is 20.5 Å². The van der Waals surface area contributed by atoms with E-state index in [1.54, 1.807) is 6.92 Å². The Labute approximate surface area is 126 Å². The number of halogens is 3. The molecule has 1 rings (SSSR count). The van der Waals surface area contributed by atoms with Crippen molar-refractivity contribution in [2.45, 2.75) is 38.2 Å². The molecule has 0 aliphatic rings. The Balaban J connectivity index is 3.16. The first kappa shape index (κ1) is 17.8. The van der Waals surface area contributed by atoms with E-state index >= 15 is 0 Å². The van der Waals surface area contributed by atoms with Crippen LogP contribution in [0.3, 0.4) is 0 Å². The predicted molar refractivity (Wildman–Crippen MR) is 73.7 cm³/mol. The van der Waals surface area contributed by atoms with Gasteiger partial charge in [0.25, 0.3) is 9.05 Å². The van der Waals surface area contributed by atoms with Crippen molar-refractivity contribution in [2.75, 3.05) is 0 Å². The minimum Gasteiger partial charge on any atom is -0.459 e. The maximum atomic E-state index is 14.0. The molecule has 21 heavy (non-hydrogen) atoms. The summed E-state index contributed by atoms with van der Waals surface area (Å²) < 4.78 is 54.8. The van der Waals surface area contributed by atoms with Crippen LogP contribution >= 0.6 is 10.7 Å². The van der Waals surface area contributed by atoms with Crippen LogP contribution in [0.4, 0.5) is 8.78 Å². The summed E-state index contributed by atoms with van der Waals surface area (Å²) in [5.74, 6) is -3.80. The van der Waals surface area contributed by atoms with Crippen molar-refractivity contribution < 1.29 is 26.7 Å². The molecule has 0 saturated carbocycles. The molecule has 0 saturated heterocycles. The lowest BCUT2D eigenvalue weighted by Crippen LogP contribution is -2.19. The van der Waals surface area contributed by atoms with Crippen molar-refractivity contribution in [1.29, 1.82) is 0 Å². The zero-order valence-corrected chi connectivity index (χ0v) is 13.3. The summed E-state index contributed by atoms with van der Waals surface area (Å²) in [5.41, 5.74) is -1.06. The number of carbonyl (C=O) groups is 1. The topological polar surface area (TPSA) is 60.4 Å². The highest BCUT2D eigenvalue weighted by molar-refractivity contribution is 8.13. The molecule has 0 fully saturated rings. The molecule has 118 valence electrons. The summed E-state index contributed by atoms with van der Waals surface area (Å²) >= 11 is 0. The minimum atomic E-state index is -4.43. The van der Waals surface area contributed by atoms with Gasteiger partial charge >= 0.3 is 5.97 Å². The number of rotatable bonds is 5. The quantitative estimate of drug-likeness (QED) is 0.608. The van der Waals surface area contributed by atoms with Gasteiger partial charge in [0.1, 0.15) is 16.3 Å². The van der Waals surface area contributed by atoms with Gasteiger partial charge in [-0.2, -0.15) is 0 Å². The first-order valence-corrected chi connectivity index (χ1v) is 8.48. The van der Waals surface area contributed by atoms with E-state index in [1.165, 1.54) is 0 Å². The maximum Gasteiger partial charge on any atom is 0.344 e. The molecule has 0 aliphatic heterocycles. The van der Waals surface area contributed by atoms with Gasteiger partial charge < -0.3 is 4.74 Å². The summed E-state index contributed by atoms with van der Waals surface area (Å²) in [7, 11) is 0.594. The molecular formula is C13H15ClF2O4S. The fourth-order valence-corrected chi connectivity index (χ4v) is 2.77. The molecule has 0 bridgehead atoms. The fraction of sp³-hybridized carbons (Fsp3) is 0.462. The van der Waals surface area contributed by atoms with Gasteiger partial charge in [-0.3, -0.25) is 0 Å². The fourth-order valence-electron chi connectivity index (χ4n) is 1.86. The van der Waals surface area contributed by atoms with Gasteiger partial charge in [-0.25, -0.2) is 22.0 Å². The molecule has 1 aromatic carbocycles. The third-order valence-corrected chi connectivity index (χ3v) is 3.97. The van der Waals surface area contributed by atoms with Crippen molar-refractivity contribution >= 4 is 25.7 Å². The molecule has 1 unspecified atom stereocenters. The maximum absolute atomic E-state index is 14.0. The molecule has 0 amide bonds. The number of hydrogen-bond acceptors (Lipinski definition) is 4. The van der Waals surface area contributed by atoms with E-state index in [2.05, 4.69) is 0 Å². The van der Waals surface area contributed by atoms with Gasteiger partial charge in [-0.15, -0.1) is 0 Å². The number of benzene rings is 1. The number of ether oxygens (including phenoxy) is 1. The van der Waals surface area contributed by atoms with E-state index in [9.17, 15) is 22.0 Å². The Bertz CT molecular complexity index is 644. The van der Waals surface area contributed by atoms with Crippen LogP contribution in [0.2, 0.25) is 0 Å². The Kier molecular flexibility index (Phi) is 5.69. The molecule has 0 aliphatic carbocycles. The largest absolute Gasteiger partial charge is 0.459 e. The monoisotopic (exact) mass is 340 g/mol. The smallest absolute Gasteiger partial charge is 0.344 e. The molecule has 0 spiro atoms. The first-order valence-electron chi connectivity index (χ1n) is 6.17. The normalized spacial score (nSPS) is 13.3. The van der Waals surface area contributed by atoms with E-state index in [0.29, 0.717) is 18.6 Å². The van der Waals surface area contributed by atoms with Gasteiger partial charge in [0.15, 0.2) is 5.82 Å². The second kappa shape index (κ2) is 6.70. The van der Waals surface area contributed by atoms with Crippen molar-refractivity contribution in [3.63, 3.8) is 0 Å². The van der Waals surface area contributed by atoms with Gasteiger partial charge in [0, 0.05) is 10.7 Å². The van der Waals surface area contributed by atoms with Gasteiger partial charge in [-0.05, 0) is 31.4 Å². The average molecular weight is 341 g/mol. The summed E-state index contributed by atoms with van der Waals surface area (Å²) in [6.07, 6.45) is -0.0600. The zero-order chi connectivity index (χ0) is 16.4. The molecule has 0 radical (unpaired) electrons. The third-order valence-electron chi connectivity index (χ3n) is 2.63. The first-order chi connectivity index (χ1) is 9.54. The summed E-state index contributed by atoms with van der Waals surface area (Å²) in [4.78, 5) is 10.9. The third kappa shape index (κ3) is 4.64. The molecule has 0 N–H and O–H groups in total. The van der Waals surface area contributed by atoms with Crippen LogP contribution in [0.5, 0.6) is 0 Å². The highest BCUT2D eigenvalue weighted by Crippen LogP contribution is 2.25. The highest BCUT2D eigenvalue weighted by Gasteiger charge is 2.27. The van der Waals surface area contributed by atoms with Crippen molar-refractivity contribution in [3.8, 4) is 0 Å². The van der Waals surface area contributed by atoms with E-state index in [1.807, 2.05) is 13.8 Å². The van der Waals surface area contributed by atoms with Crippen molar-refractivity contribution in [1.82, 2.24) is 0 Å². The lowest BCUT2D eigenvalue weighted by Gasteiger charge is -2.16. The molecule has 4 nitrogen and oxygen atoms in total. The highest BCUT2D eigenvalue weighted by atomic mass is 35.7. The lowest BCUT2D eigenvalue weighted by molar-refractivity contribution is 0.0288. The summed E-state index contributed by atoms with van der Waals surface area (Å²) in [5, 5.41) is 0. The van der Waals surface area contributed by atoms with Crippen LogP contribution in [-0.2, 0) is 13.8 Å². The number of carbonyl (C=O) groups excluding carboxylic acids is 1. The second-order valence-corrected chi connectivity index (χ2v) is 7.55. The Morgan fingerprint density at radius 1 is 1.29 bits per heavy atom. The van der Waals surface area contributed by atoms with Gasteiger partial charge in [0.05, 0.1) is 6.10 Å². The molecule has 0 aromatic heterocycles. The Morgan fingerprint density at radius 3 is 2.33 bits per heavy atom. The Morgan fingerprint density at radius 2 is 1.86 bits per heavy atom. The van der Waals surface area contributed by atoms with Gasteiger partial charge in [-0.1, -0.05) is 13.8 Å². The Hall–Kier alpha value is -1.21. The van der Waals surface area contributed by atoms with Crippen LogP contribution < -0.4 is 0 Å². The second-order valence-electron chi connectivity index (χ2n) is 5.02. The van der Waals surface area contributed by atoms with Crippen molar-refractivity contribution in [3.05, 3.63) is 29.3 Å². The molecule has 0 heterocycles. The molecule has 1 atom stereocenters. The minimum absolute atomic E-state index is 0.219. The van der Waals surface area contributed by atoms with Crippen molar-refractivity contribution in [2.24, 2.45) is 5.92 Å². The number of esters is 1. The summed E-state index contributed by atoms with van der Waals surface area (Å²) in [6, 6.07) is 1.31. The van der Waals surface area contributed by atoms with E-state index in [-0.39, 0.29) is 5.92 Å². The standard InChI is InChI=1S/C13H15ClF2O4S/c1-7(2)6-8(3)20-13(17)11-9(15)4-5-10(12(11)16)21(14,18)19/h4-5,7-8H,6H2,1-3H3. The van der Waals surface area contributed by atoms with E-state index in [4.69, 9.17) is 15.4 Å². The van der Waals surface area contributed by atoms with E-state index < -0.39 is 43.2 Å². The molecule has 8 heteroatoms.